The molecule has 0 radical (unpaired) electrons. The molecule has 68 valence electrons. The molecule has 0 aromatic carbocycles. The molecule has 1 aromatic heterocycles. The number of nitrogens with zero attached hydrogens (tertiary/aromatic N) is 3. The Morgan fingerprint density at radius 1 is 1.50 bits per heavy atom. The molecule has 0 fully saturated rings. The van der Waals surface area contributed by atoms with E-state index in [9.17, 15) is 0 Å². The van der Waals surface area contributed by atoms with Crippen LogP contribution in [0.3, 0.4) is 0 Å². The lowest BCUT2D eigenvalue weighted by molar-refractivity contribution is 0.114. The van der Waals surface area contributed by atoms with E-state index in [1.807, 2.05) is 11.5 Å². The van der Waals surface area contributed by atoms with Crippen molar-refractivity contribution in [2.75, 3.05) is 0 Å². The summed E-state index contributed by atoms with van der Waals surface area (Å²) in [5.74, 6) is 6.61. The Morgan fingerprint density at radius 3 is 2.67 bits per heavy atom. The lowest BCUT2D eigenvalue weighted by atomic mass is 10.3. The molecule has 0 saturated heterocycles. The molecule has 0 spiro atoms. The molecular formula is C7H14N4O. The summed E-state index contributed by atoms with van der Waals surface area (Å²) in [6.07, 6.45) is 0. The number of hydrogen-bond acceptors (Lipinski definition) is 4. The van der Waals surface area contributed by atoms with Crippen LogP contribution in [0.4, 0.5) is 0 Å². The van der Waals surface area contributed by atoms with Crippen LogP contribution in [0.25, 0.3) is 0 Å². The normalized spacial score (nSPS) is 11.1. The Hall–Kier alpha value is -0.940. The van der Waals surface area contributed by atoms with Gasteiger partial charge in [-0.15, -0.1) is 10.2 Å². The largest absolute Gasteiger partial charge is 0.311 e. The van der Waals surface area contributed by atoms with Gasteiger partial charge in [0.15, 0.2) is 5.82 Å². The number of aromatic nitrogens is 3. The topological polar surface area (TPSA) is 66.0 Å². The monoisotopic (exact) mass is 170 g/mol. The molecule has 5 nitrogen and oxygen atoms in total. The summed E-state index contributed by atoms with van der Waals surface area (Å²) in [5, 5.41) is 7.87. The van der Waals surface area contributed by atoms with Crippen LogP contribution in [0, 0.1) is 6.92 Å². The van der Waals surface area contributed by atoms with Crippen molar-refractivity contribution in [1.82, 2.24) is 14.8 Å². The van der Waals surface area contributed by atoms with E-state index in [4.69, 9.17) is 5.90 Å². The van der Waals surface area contributed by atoms with Crippen LogP contribution in [0.15, 0.2) is 0 Å². The number of nitrogens with two attached hydrogens (primary N) is 1. The van der Waals surface area contributed by atoms with Crippen LogP contribution in [0.1, 0.15) is 31.5 Å². The minimum Gasteiger partial charge on any atom is -0.311 e. The summed E-state index contributed by atoms with van der Waals surface area (Å²) in [5.41, 5.74) is 0. The van der Waals surface area contributed by atoms with Crippen molar-refractivity contribution in [3.05, 3.63) is 11.6 Å². The highest BCUT2D eigenvalue weighted by atomic mass is 16.6. The van der Waals surface area contributed by atoms with Gasteiger partial charge in [-0.25, -0.2) is 5.90 Å². The van der Waals surface area contributed by atoms with Crippen LogP contribution in [-0.2, 0) is 11.4 Å². The summed E-state index contributed by atoms with van der Waals surface area (Å²) in [4.78, 5) is 4.51. The summed E-state index contributed by atoms with van der Waals surface area (Å²) in [7, 11) is 0. The van der Waals surface area contributed by atoms with Crippen molar-refractivity contribution in [2.24, 2.45) is 5.90 Å². The van der Waals surface area contributed by atoms with E-state index in [0.717, 1.165) is 11.6 Å². The van der Waals surface area contributed by atoms with E-state index >= 15 is 0 Å². The molecule has 0 bridgehead atoms. The second-order valence-electron chi connectivity index (χ2n) is 2.94. The van der Waals surface area contributed by atoms with Gasteiger partial charge >= 0.3 is 0 Å². The second kappa shape index (κ2) is 3.64. The highest BCUT2D eigenvalue weighted by molar-refractivity contribution is 4.94. The fourth-order valence-electron chi connectivity index (χ4n) is 1.26. The van der Waals surface area contributed by atoms with Gasteiger partial charge in [0, 0.05) is 6.04 Å². The predicted octanol–water partition coefficient (Wildman–Crippen LogP) is 0.558. The fourth-order valence-corrected chi connectivity index (χ4v) is 1.26. The molecule has 0 amide bonds. The van der Waals surface area contributed by atoms with Crippen molar-refractivity contribution < 1.29 is 4.84 Å². The van der Waals surface area contributed by atoms with Crippen LogP contribution in [0.2, 0.25) is 0 Å². The fraction of sp³-hybridized carbons (Fsp3) is 0.714. The smallest absolute Gasteiger partial charge is 0.161 e. The molecule has 5 heteroatoms. The summed E-state index contributed by atoms with van der Waals surface area (Å²) in [6, 6.07) is 0.338. The summed E-state index contributed by atoms with van der Waals surface area (Å²) < 4.78 is 1.99. The molecule has 0 aliphatic heterocycles. The Morgan fingerprint density at radius 2 is 2.17 bits per heavy atom. The zero-order valence-electron chi connectivity index (χ0n) is 7.61. The SMILES string of the molecule is Cc1nnc(CON)n1C(C)C. The molecule has 1 aromatic rings. The van der Waals surface area contributed by atoms with Crippen LogP contribution >= 0.6 is 0 Å². The zero-order valence-corrected chi connectivity index (χ0v) is 7.61. The van der Waals surface area contributed by atoms with Crippen molar-refractivity contribution in [3.63, 3.8) is 0 Å². The third kappa shape index (κ3) is 1.62. The molecular weight excluding hydrogens is 156 g/mol. The lowest BCUT2D eigenvalue weighted by Crippen LogP contribution is -2.11. The molecule has 0 atom stereocenters. The molecule has 0 unspecified atom stereocenters. The Labute approximate surface area is 71.5 Å². The first-order valence-electron chi connectivity index (χ1n) is 3.89. The van der Waals surface area contributed by atoms with Crippen LogP contribution in [-0.4, -0.2) is 14.8 Å². The van der Waals surface area contributed by atoms with E-state index in [2.05, 4.69) is 28.9 Å². The van der Waals surface area contributed by atoms with E-state index in [0.29, 0.717) is 12.6 Å². The van der Waals surface area contributed by atoms with Crippen LogP contribution < -0.4 is 5.90 Å². The third-order valence-electron chi connectivity index (χ3n) is 1.67. The van der Waals surface area contributed by atoms with E-state index in [1.54, 1.807) is 0 Å². The molecule has 0 aliphatic rings. The van der Waals surface area contributed by atoms with Gasteiger partial charge in [0.05, 0.1) is 0 Å². The maximum atomic E-state index is 4.96. The predicted molar refractivity (Wildman–Crippen MR) is 44.1 cm³/mol. The van der Waals surface area contributed by atoms with Gasteiger partial charge in [-0.2, -0.15) is 0 Å². The molecule has 0 saturated carbocycles. The number of rotatable bonds is 3. The van der Waals surface area contributed by atoms with Gasteiger partial charge in [-0.05, 0) is 20.8 Å². The molecule has 12 heavy (non-hydrogen) atoms. The number of aryl methyl sites for hydroxylation is 1. The first-order valence-corrected chi connectivity index (χ1v) is 3.89. The summed E-state index contributed by atoms with van der Waals surface area (Å²) >= 11 is 0. The van der Waals surface area contributed by atoms with Gasteiger partial charge in [-0.1, -0.05) is 0 Å². The van der Waals surface area contributed by atoms with E-state index in [1.165, 1.54) is 0 Å². The van der Waals surface area contributed by atoms with Gasteiger partial charge in [0.25, 0.3) is 0 Å². The standard InChI is InChI=1S/C7H14N4O/c1-5(2)11-6(3)9-10-7(11)4-12-8/h5H,4,8H2,1-3H3. The average Bonchev–Trinajstić information content (AvgIpc) is 2.32. The van der Waals surface area contributed by atoms with Crippen molar-refractivity contribution in [3.8, 4) is 0 Å². The van der Waals surface area contributed by atoms with Crippen LogP contribution in [0.5, 0.6) is 0 Å². The Balaban J connectivity index is 2.95. The Bertz CT molecular complexity index is 256. The highest BCUT2D eigenvalue weighted by Crippen LogP contribution is 2.10. The minimum absolute atomic E-state index is 0.305. The van der Waals surface area contributed by atoms with Gasteiger partial charge in [0.2, 0.25) is 0 Å². The van der Waals surface area contributed by atoms with Crippen molar-refractivity contribution in [2.45, 2.75) is 33.4 Å². The zero-order chi connectivity index (χ0) is 9.14. The molecule has 1 rings (SSSR count). The average molecular weight is 170 g/mol. The highest BCUT2D eigenvalue weighted by Gasteiger charge is 2.10. The first-order chi connectivity index (χ1) is 5.66. The Kier molecular flexibility index (Phi) is 2.78. The third-order valence-corrected chi connectivity index (χ3v) is 1.67. The van der Waals surface area contributed by atoms with E-state index in [-0.39, 0.29) is 0 Å². The molecule has 1 heterocycles. The summed E-state index contributed by atoms with van der Waals surface area (Å²) in [6.45, 7) is 6.35. The first kappa shape index (κ1) is 9.15. The van der Waals surface area contributed by atoms with Gasteiger partial charge < -0.3 is 4.57 Å². The van der Waals surface area contributed by atoms with E-state index < -0.39 is 0 Å². The quantitative estimate of drug-likeness (QED) is 0.673. The second-order valence-corrected chi connectivity index (χ2v) is 2.94. The molecule has 0 aliphatic carbocycles. The maximum absolute atomic E-state index is 4.96. The van der Waals surface area contributed by atoms with Crippen molar-refractivity contribution >= 4 is 0 Å². The van der Waals surface area contributed by atoms with Crippen molar-refractivity contribution in [1.29, 1.82) is 0 Å². The van der Waals surface area contributed by atoms with Gasteiger partial charge in [0.1, 0.15) is 12.4 Å². The minimum atomic E-state index is 0.305. The number of hydrogen-bond donors (Lipinski definition) is 1. The van der Waals surface area contributed by atoms with Gasteiger partial charge in [-0.3, -0.25) is 4.84 Å². The maximum Gasteiger partial charge on any atom is 0.161 e. The lowest BCUT2D eigenvalue weighted by Gasteiger charge is -2.10. The molecule has 2 N–H and O–H groups in total.